The molecule has 0 atom stereocenters. The minimum atomic E-state index is 0.269. The normalized spacial score (nSPS) is 21.2. The summed E-state index contributed by atoms with van der Waals surface area (Å²) in [5.74, 6) is 0. The van der Waals surface area contributed by atoms with E-state index in [9.17, 15) is 0 Å². The smallest absolute Gasteiger partial charge is 0.0594 e. The van der Waals surface area contributed by atoms with Crippen molar-refractivity contribution in [3.8, 4) is 0 Å². The summed E-state index contributed by atoms with van der Waals surface area (Å²) in [6.07, 6.45) is 1.22. The van der Waals surface area contributed by atoms with Crippen LogP contribution in [0.4, 0.5) is 0 Å². The lowest BCUT2D eigenvalue weighted by atomic mass is 9.71. The van der Waals surface area contributed by atoms with Crippen molar-refractivity contribution in [2.75, 3.05) is 26.3 Å². The van der Waals surface area contributed by atoms with Crippen molar-refractivity contribution in [3.05, 3.63) is 0 Å². The Morgan fingerprint density at radius 1 is 1.07 bits per heavy atom. The zero-order valence-corrected chi connectivity index (χ0v) is 10.4. The van der Waals surface area contributed by atoms with Crippen molar-refractivity contribution in [1.29, 1.82) is 0 Å². The van der Waals surface area contributed by atoms with Crippen molar-refractivity contribution in [3.63, 3.8) is 0 Å². The molecule has 1 aliphatic rings. The summed E-state index contributed by atoms with van der Waals surface area (Å²) >= 11 is 0. The highest BCUT2D eigenvalue weighted by Crippen LogP contribution is 2.38. The van der Waals surface area contributed by atoms with Crippen molar-refractivity contribution in [1.82, 2.24) is 4.90 Å². The van der Waals surface area contributed by atoms with E-state index >= 15 is 0 Å². The summed E-state index contributed by atoms with van der Waals surface area (Å²) in [5.41, 5.74) is 0.635. The molecule has 0 radical (unpaired) electrons. The first-order chi connectivity index (χ1) is 6.42. The fourth-order valence-corrected chi connectivity index (χ4v) is 1.98. The van der Waals surface area contributed by atoms with E-state index < -0.39 is 0 Å². The standard InChI is InChI=1S/C12H25NO/c1-6-11(2,3)12(4,5)13-7-9-14-10-8-13/h6-10H2,1-5H3. The highest BCUT2D eigenvalue weighted by atomic mass is 16.5. The maximum Gasteiger partial charge on any atom is 0.0594 e. The van der Waals surface area contributed by atoms with Crippen molar-refractivity contribution < 1.29 is 4.74 Å². The van der Waals surface area contributed by atoms with Crippen LogP contribution in [-0.4, -0.2) is 36.7 Å². The van der Waals surface area contributed by atoms with E-state index in [0.29, 0.717) is 5.41 Å². The van der Waals surface area contributed by atoms with E-state index in [2.05, 4.69) is 39.5 Å². The lowest BCUT2D eigenvalue weighted by Crippen LogP contribution is -2.57. The van der Waals surface area contributed by atoms with Gasteiger partial charge in [-0.1, -0.05) is 20.8 Å². The Bertz CT molecular complexity index is 181. The Labute approximate surface area is 88.6 Å². The van der Waals surface area contributed by atoms with Gasteiger partial charge in [0, 0.05) is 18.6 Å². The highest BCUT2D eigenvalue weighted by molar-refractivity contribution is 4.94. The molecule has 0 spiro atoms. The first kappa shape index (κ1) is 12.0. The molecular weight excluding hydrogens is 174 g/mol. The summed E-state index contributed by atoms with van der Waals surface area (Å²) in [6.45, 7) is 15.7. The van der Waals surface area contributed by atoms with E-state index in [0.717, 1.165) is 26.3 Å². The molecular formula is C12H25NO. The van der Waals surface area contributed by atoms with Gasteiger partial charge in [-0.25, -0.2) is 0 Å². The number of hydrogen-bond donors (Lipinski definition) is 0. The lowest BCUT2D eigenvalue weighted by Gasteiger charge is -2.50. The van der Waals surface area contributed by atoms with Gasteiger partial charge in [-0.2, -0.15) is 0 Å². The molecule has 0 saturated carbocycles. The van der Waals surface area contributed by atoms with Crippen LogP contribution in [0.25, 0.3) is 0 Å². The Balaban J connectivity index is 2.71. The molecule has 1 saturated heterocycles. The van der Waals surface area contributed by atoms with Gasteiger partial charge < -0.3 is 4.74 Å². The molecule has 2 heteroatoms. The van der Waals surface area contributed by atoms with Crippen LogP contribution in [0.1, 0.15) is 41.0 Å². The summed E-state index contributed by atoms with van der Waals surface area (Å²) in [4.78, 5) is 2.57. The molecule has 1 heterocycles. The molecule has 84 valence electrons. The molecule has 0 N–H and O–H groups in total. The van der Waals surface area contributed by atoms with Gasteiger partial charge >= 0.3 is 0 Å². The van der Waals surface area contributed by atoms with Crippen molar-refractivity contribution in [2.24, 2.45) is 5.41 Å². The van der Waals surface area contributed by atoms with Gasteiger partial charge in [0.15, 0.2) is 0 Å². The summed E-state index contributed by atoms with van der Waals surface area (Å²) in [6, 6.07) is 0. The first-order valence-electron chi connectivity index (χ1n) is 5.74. The summed E-state index contributed by atoms with van der Waals surface area (Å²) in [7, 11) is 0. The van der Waals surface area contributed by atoms with Crippen LogP contribution >= 0.6 is 0 Å². The fraction of sp³-hybridized carbons (Fsp3) is 1.00. The molecule has 2 nitrogen and oxygen atoms in total. The average molecular weight is 199 g/mol. The molecule has 0 aliphatic carbocycles. The molecule has 1 aliphatic heterocycles. The molecule has 0 aromatic rings. The minimum absolute atomic E-state index is 0.269. The predicted octanol–water partition coefficient (Wildman–Crippen LogP) is 2.53. The van der Waals surface area contributed by atoms with Crippen LogP contribution in [0.3, 0.4) is 0 Å². The van der Waals surface area contributed by atoms with Crippen molar-refractivity contribution in [2.45, 2.75) is 46.6 Å². The van der Waals surface area contributed by atoms with Crippen LogP contribution in [0.2, 0.25) is 0 Å². The monoisotopic (exact) mass is 199 g/mol. The van der Waals surface area contributed by atoms with E-state index in [1.807, 2.05) is 0 Å². The van der Waals surface area contributed by atoms with Gasteiger partial charge in [-0.05, 0) is 25.7 Å². The minimum Gasteiger partial charge on any atom is -0.379 e. The van der Waals surface area contributed by atoms with Gasteiger partial charge in [-0.15, -0.1) is 0 Å². The molecule has 1 rings (SSSR count). The second kappa shape index (κ2) is 4.19. The van der Waals surface area contributed by atoms with Crippen molar-refractivity contribution >= 4 is 0 Å². The summed E-state index contributed by atoms with van der Waals surface area (Å²) < 4.78 is 5.40. The second-order valence-electron chi connectivity index (χ2n) is 5.40. The van der Waals surface area contributed by atoms with Crippen LogP contribution in [-0.2, 0) is 4.74 Å². The zero-order valence-electron chi connectivity index (χ0n) is 10.4. The zero-order chi connectivity index (χ0) is 10.8. The van der Waals surface area contributed by atoms with Crippen LogP contribution in [0, 0.1) is 5.41 Å². The predicted molar refractivity (Wildman–Crippen MR) is 60.5 cm³/mol. The van der Waals surface area contributed by atoms with E-state index in [4.69, 9.17) is 4.74 Å². The molecule has 0 aromatic heterocycles. The van der Waals surface area contributed by atoms with Crippen LogP contribution in [0.15, 0.2) is 0 Å². The third kappa shape index (κ3) is 2.12. The molecule has 0 unspecified atom stereocenters. The molecule has 1 fully saturated rings. The number of nitrogens with zero attached hydrogens (tertiary/aromatic N) is 1. The first-order valence-corrected chi connectivity index (χ1v) is 5.74. The van der Waals surface area contributed by atoms with Crippen LogP contribution < -0.4 is 0 Å². The number of ether oxygens (including phenoxy) is 1. The van der Waals surface area contributed by atoms with E-state index in [1.165, 1.54) is 6.42 Å². The largest absolute Gasteiger partial charge is 0.379 e. The Kier molecular flexibility index (Phi) is 3.59. The second-order valence-corrected chi connectivity index (χ2v) is 5.40. The number of rotatable bonds is 3. The number of hydrogen-bond acceptors (Lipinski definition) is 2. The number of morpholine rings is 1. The van der Waals surface area contributed by atoms with E-state index in [-0.39, 0.29) is 5.54 Å². The van der Waals surface area contributed by atoms with E-state index in [1.54, 1.807) is 0 Å². The molecule has 0 aromatic carbocycles. The third-order valence-electron chi connectivity index (χ3n) is 4.34. The molecule has 14 heavy (non-hydrogen) atoms. The fourth-order valence-electron chi connectivity index (χ4n) is 1.98. The van der Waals surface area contributed by atoms with Gasteiger partial charge in [0.05, 0.1) is 13.2 Å². The van der Waals surface area contributed by atoms with Gasteiger partial charge in [0.1, 0.15) is 0 Å². The maximum absolute atomic E-state index is 5.40. The summed E-state index contributed by atoms with van der Waals surface area (Å²) in [5, 5.41) is 0. The van der Waals surface area contributed by atoms with Gasteiger partial charge in [-0.3, -0.25) is 4.90 Å². The Hall–Kier alpha value is -0.0800. The average Bonchev–Trinajstić information content (AvgIpc) is 2.19. The van der Waals surface area contributed by atoms with Crippen LogP contribution in [0.5, 0.6) is 0 Å². The molecule has 0 amide bonds. The maximum atomic E-state index is 5.40. The quantitative estimate of drug-likeness (QED) is 0.692. The SMILES string of the molecule is CCC(C)(C)C(C)(C)N1CCOCC1. The van der Waals surface area contributed by atoms with Gasteiger partial charge in [0.25, 0.3) is 0 Å². The Morgan fingerprint density at radius 3 is 2.00 bits per heavy atom. The third-order valence-corrected chi connectivity index (χ3v) is 4.34. The molecule has 0 bridgehead atoms. The van der Waals surface area contributed by atoms with Gasteiger partial charge in [0.2, 0.25) is 0 Å². The lowest BCUT2D eigenvalue weighted by molar-refractivity contribution is -0.0570. The Morgan fingerprint density at radius 2 is 1.57 bits per heavy atom. The highest BCUT2D eigenvalue weighted by Gasteiger charge is 2.40. The topological polar surface area (TPSA) is 12.5 Å².